The summed E-state index contributed by atoms with van der Waals surface area (Å²) in [5.41, 5.74) is 8.78. The maximum atomic E-state index is 5.60. The molecule has 2 rings (SSSR count). The number of rotatable bonds is 4. The van der Waals surface area contributed by atoms with E-state index in [0.717, 1.165) is 28.1 Å². The highest BCUT2D eigenvalue weighted by Crippen LogP contribution is 2.26. The zero-order chi connectivity index (χ0) is 12.3. The molecule has 0 atom stereocenters. The highest BCUT2D eigenvalue weighted by atomic mass is 79.9. The average Bonchev–Trinajstić information content (AvgIpc) is 2.71. The fourth-order valence-corrected chi connectivity index (χ4v) is 2.52. The Kier molecular flexibility index (Phi) is 4.25. The van der Waals surface area contributed by atoms with E-state index in [2.05, 4.69) is 56.4 Å². The number of aromatic amines is 1. The molecule has 0 aliphatic heterocycles. The molecule has 90 valence electrons. The fraction of sp³-hybridized carbons (Fsp3) is 0.250. The van der Waals surface area contributed by atoms with Crippen LogP contribution < -0.4 is 5.73 Å². The van der Waals surface area contributed by atoms with Gasteiger partial charge in [0.15, 0.2) is 4.73 Å². The van der Waals surface area contributed by atoms with Gasteiger partial charge in [-0.2, -0.15) is 0 Å². The van der Waals surface area contributed by atoms with Gasteiger partial charge < -0.3 is 10.7 Å². The largest absolute Gasteiger partial charge is 0.336 e. The summed E-state index contributed by atoms with van der Waals surface area (Å²) in [6.07, 6.45) is 2.87. The first-order chi connectivity index (χ1) is 8.24. The van der Waals surface area contributed by atoms with Gasteiger partial charge in [-0.25, -0.2) is 4.98 Å². The van der Waals surface area contributed by atoms with Gasteiger partial charge in [0.2, 0.25) is 0 Å². The molecular formula is C12H14BrN3S. The number of nitrogens with two attached hydrogens (primary N) is 1. The van der Waals surface area contributed by atoms with E-state index >= 15 is 0 Å². The summed E-state index contributed by atoms with van der Waals surface area (Å²) in [7, 11) is 0. The number of hydrogen-bond acceptors (Lipinski definition) is 3. The number of hydrogen-bond donors (Lipinski definition) is 2. The lowest BCUT2D eigenvalue weighted by atomic mass is 10.1. The van der Waals surface area contributed by atoms with Crippen molar-refractivity contribution in [3.05, 3.63) is 34.7 Å². The minimum Gasteiger partial charge on any atom is -0.336 e. The van der Waals surface area contributed by atoms with Gasteiger partial charge in [0.05, 0.1) is 5.69 Å². The van der Waals surface area contributed by atoms with Gasteiger partial charge in [-0.3, -0.25) is 0 Å². The van der Waals surface area contributed by atoms with E-state index < -0.39 is 0 Å². The molecule has 0 aliphatic carbocycles. The van der Waals surface area contributed by atoms with Crippen molar-refractivity contribution in [1.29, 1.82) is 0 Å². The smallest absolute Gasteiger partial charge is 0.175 e. The van der Waals surface area contributed by atoms with E-state index in [4.69, 9.17) is 5.73 Å². The van der Waals surface area contributed by atoms with E-state index in [9.17, 15) is 0 Å². The third kappa shape index (κ3) is 2.91. The predicted octanol–water partition coefficient (Wildman–Crippen LogP) is 3.06. The van der Waals surface area contributed by atoms with Crippen LogP contribution in [-0.2, 0) is 6.42 Å². The van der Waals surface area contributed by atoms with Crippen molar-refractivity contribution in [2.75, 3.05) is 12.8 Å². The van der Waals surface area contributed by atoms with E-state index in [1.165, 1.54) is 4.90 Å². The molecule has 5 heteroatoms. The molecule has 0 saturated carbocycles. The summed E-state index contributed by atoms with van der Waals surface area (Å²) >= 11 is 5.10. The van der Waals surface area contributed by atoms with Gasteiger partial charge in [0, 0.05) is 22.6 Å². The number of nitrogens with one attached hydrogen (secondary N) is 1. The second kappa shape index (κ2) is 5.71. The molecule has 17 heavy (non-hydrogen) atoms. The van der Waals surface area contributed by atoms with Crippen molar-refractivity contribution in [3.8, 4) is 11.3 Å². The molecule has 1 aromatic carbocycles. The van der Waals surface area contributed by atoms with Gasteiger partial charge in [-0.05, 0) is 40.9 Å². The van der Waals surface area contributed by atoms with E-state index in [1.807, 2.05) is 0 Å². The monoisotopic (exact) mass is 311 g/mol. The molecule has 0 bridgehead atoms. The molecule has 0 unspecified atom stereocenters. The van der Waals surface area contributed by atoms with Crippen molar-refractivity contribution in [1.82, 2.24) is 9.97 Å². The molecular weight excluding hydrogens is 298 g/mol. The van der Waals surface area contributed by atoms with Crippen LogP contribution in [0.1, 0.15) is 5.69 Å². The first kappa shape index (κ1) is 12.7. The lowest BCUT2D eigenvalue weighted by Crippen LogP contribution is -2.04. The van der Waals surface area contributed by atoms with Crippen LogP contribution in [0.25, 0.3) is 11.3 Å². The van der Waals surface area contributed by atoms with Crippen molar-refractivity contribution >= 4 is 27.7 Å². The molecule has 3 N–H and O–H groups in total. The molecule has 0 fully saturated rings. The number of thioether (sulfide) groups is 1. The number of halogens is 1. The van der Waals surface area contributed by atoms with Crippen molar-refractivity contribution in [3.63, 3.8) is 0 Å². The molecule has 0 radical (unpaired) electrons. The molecule has 0 amide bonds. The predicted molar refractivity (Wildman–Crippen MR) is 76.3 cm³/mol. The normalized spacial score (nSPS) is 10.8. The SMILES string of the molecule is CSc1ccc(-c2nc(Br)[nH]c2CCN)cc1. The molecule has 1 aromatic heterocycles. The Labute approximate surface area is 113 Å². The Hall–Kier alpha value is -0.780. The molecule has 1 heterocycles. The quantitative estimate of drug-likeness (QED) is 0.853. The lowest BCUT2D eigenvalue weighted by Gasteiger charge is -2.02. The summed E-state index contributed by atoms with van der Waals surface area (Å²) in [6.45, 7) is 0.616. The third-order valence-electron chi connectivity index (χ3n) is 2.51. The average molecular weight is 312 g/mol. The number of nitrogens with zero attached hydrogens (tertiary/aromatic N) is 1. The maximum absolute atomic E-state index is 5.60. The van der Waals surface area contributed by atoms with E-state index in [-0.39, 0.29) is 0 Å². The number of H-pyrrole nitrogens is 1. The Balaban J connectivity index is 2.37. The maximum Gasteiger partial charge on any atom is 0.175 e. The van der Waals surface area contributed by atoms with Gasteiger partial charge in [0.1, 0.15) is 0 Å². The Morgan fingerprint density at radius 3 is 2.65 bits per heavy atom. The molecule has 3 nitrogen and oxygen atoms in total. The summed E-state index contributed by atoms with van der Waals surface area (Å²) in [5, 5.41) is 0. The van der Waals surface area contributed by atoms with E-state index in [0.29, 0.717) is 6.54 Å². The second-order valence-corrected chi connectivity index (χ2v) is 5.25. The van der Waals surface area contributed by atoms with Gasteiger partial charge in [-0.15, -0.1) is 11.8 Å². The van der Waals surface area contributed by atoms with Crippen molar-refractivity contribution < 1.29 is 0 Å². The van der Waals surface area contributed by atoms with Gasteiger partial charge in [-0.1, -0.05) is 12.1 Å². The van der Waals surface area contributed by atoms with Crippen molar-refractivity contribution in [2.45, 2.75) is 11.3 Å². The highest BCUT2D eigenvalue weighted by molar-refractivity contribution is 9.10. The minimum absolute atomic E-state index is 0.616. The lowest BCUT2D eigenvalue weighted by molar-refractivity contribution is 0.934. The number of aromatic nitrogens is 2. The number of imidazole rings is 1. The topological polar surface area (TPSA) is 54.7 Å². The Morgan fingerprint density at radius 1 is 1.35 bits per heavy atom. The van der Waals surface area contributed by atoms with Crippen LogP contribution in [0.3, 0.4) is 0 Å². The van der Waals surface area contributed by atoms with Crippen LogP contribution in [0.4, 0.5) is 0 Å². The standard InChI is InChI=1S/C12H14BrN3S/c1-17-9-4-2-8(3-5-9)11-10(6-7-14)15-12(13)16-11/h2-5H,6-7,14H2,1H3,(H,15,16). The summed E-state index contributed by atoms with van der Waals surface area (Å²) < 4.78 is 0.755. The summed E-state index contributed by atoms with van der Waals surface area (Å²) in [4.78, 5) is 8.90. The molecule has 0 saturated heterocycles. The van der Waals surface area contributed by atoms with Crippen LogP contribution in [0.15, 0.2) is 33.9 Å². The first-order valence-corrected chi connectivity index (χ1v) is 7.35. The zero-order valence-electron chi connectivity index (χ0n) is 9.53. The van der Waals surface area contributed by atoms with Gasteiger partial charge in [0.25, 0.3) is 0 Å². The van der Waals surface area contributed by atoms with Crippen LogP contribution in [0.5, 0.6) is 0 Å². The van der Waals surface area contributed by atoms with E-state index in [1.54, 1.807) is 11.8 Å². The third-order valence-corrected chi connectivity index (χ3v) is 3.63. The van der Waals surface area contributed by atoms with Gasteiger partial charge >= 0.3 is 0 Å². The summed E-state index contributed by atoms with van der Waals surface area (Å²) in [5.74, 6) is 0. The number of benzene rings is 1. The minimum atomic E-state index is 0.616. The zero-order valence-corrected chi connectivity index (χ0v) is 11.9. The summed E-state index contributed by atoms with van der Waals surface area (Å²) in [6, 6.07) is 8.40. The molecule has 2 aromatic rings. The fourth-order valence-electron chi connectivity index (χ4n) is 1.69. The van der Waals surface area contributed by atoms with Crippen LogP contribution >= 0.6 is 27.7 Å². The second-order valence-electron chi connectivity index (χ2n) is 3.62. The van der Waals surface area contributed by atoms with Crippen LogP contribution in [0.2, 0.25) is 0 Å². The Bertz CT molecular complexity index is 493. The molecule has 0 aliphatic rings. The van der Waals surface area contributed by atoms with Crippen LogP contribution in [0, 0.1) is 0 Å². The highest BCUT2D eigenvalue weighted by Gasteiger charge is 2.10. The van der Waals surface area contributed by atoms with Crippen molar-refractivity contribution in [2.24, 2.45) is 5.73 Å². The Morgan fingerprint density at radius 2 is 2.06 bits per heavy atom. The molecule has 0 spiro atoms. The first-order valence-electron chi connectivity index (χ1n) is 5.33. The van der Waals surface area contributed by atoms with Crippen LogP contribution in [-0.4, -0.2) is 22.8 Å².